The van der Waals surface area contributed by atoms with Gasteiger partial charge in [0.05, 0.1) is 0 Å². The van der Waals surface area contributed by atoms with Gasteiger partial charge in [0, 0.05) is 5.54 Å². The molecule has 66 valence electrons. The van der Waals surface area contributed by atoms with Gasteiger partial charge in [-0.15, -0.1) is 0 Å². The van der Waals surface area contributed by atoms with Crippen LogP contribution in [0.15, 0.2) is 0 Å². The van der Waals surface area contributed by atoms with Gasteiger partial charge in [-0.25, -0.2) is 0 Å². The second-order valence-electron chi connectivity index (χ2n) is 3.71. The summed E-state index contributed by atoms with van der Waals surface area (Å²) in [5.41, 5.74) is 5.60. The molecule has 4 heteroatoms. The molecule has 0 rings (SSSR count). The number of hydrogen-bond donors (Lipinski definition) is 3. The molecule has 0 saturated carbocycles. The Labute approximate surface area is 68.7 Å². The van der Waals surface area contributed by atoms with E-state index in [2.05, 4.69) is 0 Å². The molecule has 0 aromatic rings. The van der Waals surface area contributed by atoms with Crippen molar-refractivity contribution in [2.45, 2.75) is 45.0 Å². The number of rotatable bonds is 5. The molecule has 0 aromatic carbocycles. The molecule has 0 spiro atoms. The fourth-order valence-corrected chi connectivity index (χ4v) is 0.908. The maximum Gasteiger partial charge on any atom is 0.451 e. The highest BCUT2D eigenvalue weighted by Gasteiger charge is 2.11. The summed E-state index contributed by atoms with van der Waals surface area (Å²) >= 11 is 0. The zero-order valence-corrected chi connectivity index (χ0v) is 7.38. The molecule has 3 nitrogen and oxygen atoms in total. The van der Waals surface area contributed by atoms with Crippen molar-refractivity contribution in [2.75, 3.05) is 0 Å². The molecule has 0 heterocycles. The van der Waals surface area contributed by atoms with Gasteiger partial charge in [-0.3, -0.25) is 0 Å². The number of hydrogen-bond acceptors (Lipinski definition) is 3. The molecule has 0 amide bonds. The lowest BCUT2D eigenvalue weighted by Crippen LogP contribution is -2.31. The van der Waals surface area contributed by atoms with Crippen molar-refractivity contribution in [1.82, 2.24) is 0 Å². The van der Waals surface area contributed by atoms with Crippen LogP contribution in [0.1, 0.15) is 33.1 Å². The van der Waals surface area contributed by atoms with Crippen molar-refractivity contribution in [2.24, 2.45) is 5.73 Å². The van der Waals surface area contributed by atoms with Crippen molar-refractivity contribution < 1.29 is 10.0 Å². The highest BCUT2D eigenvalue weighted by Crippen LogP contribution is 2.10. The minimum absolute atomic E-state index is 0.125. The summed E-state index contributed by atoms with van der Waals surface area (Å²) in [6.45, 7) is 3.95. The van der Waals surface area contributed by atoms with Gasteiger partial charge in [-0.1, -0.05) is 12.8 Å². The Balaban J connectivity index is 3.15. The first-order chi connectivity index (χ1) is 4.92. The summed E-state index contributed by atoms with van der Waals surface area (Å²) in [7, 11) is -1.16. The first-order valence-corrected chi connectivity index (χ1v) is 4.07. The van der Waals surface area contributed by atoms with Crippen LogP contribution < -0.4 is 5.73 Å². The predicted molar refractivity (Wildman–Crippen MR) is 47.1 cm³/mol. The normalized spacial score (nSPS) is 11.7. The molecule has 0 fully saturated rings. The Morgan fingerprint density at radius 3 is 2.18 bits per heavy atom. The van der Waals surface area contributed by atoms with E-state index in [-0.39, 0.29) is 5.54 Å². The summed E-state index contributed by atoms with van der Waals surface area (Å²) in [5.74, 6) is 0. The molecular weight excluding hydrogens is 141 g/mol. The quantitative estimate of drug-likeness (QED) is 0.401. The third kappa shape index (κ3) is 9.94. The van der Waals surface area contributed by atoms with E-state index in [0.717, 1.165) is 19.3 Å². The van der Waals surface area contributed by atoms with E-state index >= 15 is 0 Å². The van der Waals surface area contributed by atoms with Crippen molar-refractivity contribution >= 4 is 7.12 Å². The molecule has 0 aliphatic heterocycles. The van der Waals surface area contributed by atoms with Gasteiger partial charge in [-0.05, 0) is 26.6 Å². The van der Waals surface area contributed by atoms with Crippen LogP contribution in [-0.4, -0.2) is 22.7 Å². The van der Waals surface area contributed by atoms with Gasteiger partial charge in [0.1, 0.15) is 0 Å². The van der Waals surface area contributed by atoms with Gasteiger partial charge >= 0.3 is 7.12 Å². The number of unbranched alkanes of at least 4 members (excludes halogenated alkanes) is 1. The van der Waals surface area contributed by atoms with E-state index in [4.69, 9.17) is 15.8 Å². The van der Waals surface area contributed by atoms with Gasteiger partial charge in [0.15, 0.2) is 0 Å². The van der Waals surface area contributed by atoms with Gasteiger partial charge in [-0.2, -0.15) is 0 Å². The average Bonchev–Trinajstić information content (AvgIpc) is 1.78. The van der Waals surface area contributed by atoms with Gasteiger partial charge in [0.2, 0.25) is 0 Å². The summed E-state index contributed by atoms with van der Waals surface area (Å²) in [6.07, 6.45) is 3.18. The van der Waals surface area contributed by atoms with Crippen molar-refractivity contribution in [3.63, 3.8) is 0 Å². The minimum Gasteiger partial charge on any atom is -0.427 e. The molecule has 4 N–H and O–H groups in total. The third-order valence-corrected chi connectivity index (χ3v) is 1.53. The summed E-state index contributed by atoms with van der Waals surface area (Å²) in [5, 5.41) is 17.0. The molecule has 0 radical (unpaired) electrons. The van der Waals surface area contributed by atoms with Crippen LogP contribution in [0.5, 0.6) is 0 Å². The summed E-state index contributed by atoms with van der Waals surface area (Å²) in [6, 6.07) is 0. The third-order valence-electron chi connectivity index (χ3n) is 1.53. The lowest BCUT2D eigenvalue weighted by atomic mass is 9.82. The average molecular weight is 159 g/mol. The van der Waals surface area contributed by atoms with Gasteiger partial charge < -0.3 is 15.8 Å². The van der Waals surface area contributed by atoms with Crippen LogP contribution in [0.2, 0.25) is 6.32 Å². The van der Waals surface area contributed by atoms with E-state index in [1.54, 1.807) is 0 Å². The molecular formula is C7H18BNO2. The molecule has 11 heavy (non-hydrogen) atoms. The first-order valence-electron chi connectivity index (χ1n) is 4.07. The highest BCUT2D eigenvalue weighted by atomic mass is 16.4. The van der Waals surface area contributed by atoms with Crippen LogP contribution in [0.4, 0.5) is 0 Å². The minimum atomic E-state index is -1.16. The molecule has 0 aliphatic rings. The van der Waals surface area contributed by atoms with Crippen LogP contribution in [0.25, 0.3) is 0 Å². The van der Waals surface area contributed by atoms with E-state index < -0.39 is 7.12 Å². The SMILES string of the molecule is CC(C)(N)CCCCB(O)O. The molecule has 0 unspecified atom stereocenters. The highest BCUT2D eigenvalue weighted by molar-refractivity contribution is 6.40. The van der Waals surface area contributed by atoms with Crippen LogP contribution in [-0.2, 0) is 0 Å². The summed E-state index contributed by atoms with van der Waals surface area (Å²) < 4.78 is 0. The van der Waals surface area contributed by atoms with E-state index in [0.29, 0.717) is 6.32 Å². The van der Waals surface area contributed by atoms with Crippen molar-refractivity contribution in [3.8, 4) is 0 Å². The maximum atomic E-state index is 8.51. The second-order valence-corrected chi connectivity index (χ2v) is 3.71. The second kappa shape index (κ2) is 4.75. The Morgan fingerprint density at radius 1 is 1.27 bits per heavy atom. The van der Waals surface area contributed by atoms with Crippen LogP contribution in [0.3, 0.4) is 0 Å². The largest absolute Gasteiger partial charge is 0.451 e. The molecule has 0 aromatic heterocycles. The van der Waals surface area contributed by atoms with Crippen LogP contribution >= 0.6 is 0 Å². The predicted octanol–water partition coefficient (Wildman–Crippen LogP) is 0.367. The summed E-state index contributed by atoms with van der Waals surface area (Å²) in [4.78, 5) is 0. The van der Waals surface area contributed by atoms with Crippen molar-refractivity contribution in [3.05, 3.63) is 0 Å². The Kier molecular flexibility index (Phi) is 4.72. The molecule has 0 aliphatic carbocycles. The smallest absolute Gasteiger partial charge is 0.427 e. The topological polar surface area (TPSA) is 66.5 Å². The maximum absolute atomic E-state index is 8.51. The van der Waals surface area contributed by atoms with E-state index in [1.165, 1.54) is 0 Å². The van der Waals surface area contributed by atoms with Crippen molar-refractivity contribution in [1.29, 1.82) is 0 Å². The lowest BCUT2D eigenvalue weighted by molar-refractivity contribution is 0.395. The zero-order valence-electron chi connectivity index (χ0n) is 7.38. The monoisotopic (exact) mass is 159 g/mol. The van der Waals surface area contributed by atoms with Gasteiger partial charge in [0.25, 0.3) is 0 Å². The Morgan fingerprint density at radius 2 is 1.82 bits per heavy atom. The fourth-order valence-electron chi connectivity index (χ4n) is 0.908. The van der Waals surface area contributed by atoms with E-state index in [9.17, 15) is 0 Å². The molecule has 0 atom stereocenters. The zero-order chi connectivity index (χ0) is 8.91. The Bertz CT molecular complexity index is 101. The standard InChI is InChI=1S/C7H18BNO2/c1-7(2,9)5-3-4-6-8(10)11/h10-11H,3-6,9H2,1-2H3. The van der Waals surface area contributed by atoms with Crippen LogP contribution in [0, 0.1) is 0 Å². The first kappa shape index (κ1) is 10.9. The fraction of sp³-hybridized carbons (Fsp3) is 1.00. The lowest BCUT2D eigenvalue weighted by Gasteiger charge is -2.17. The molecule has 0 saturated heterocycles. The molecule has 0 bridgehead atoms. The Hall–Kier alpha value is -0.0551. The van der Waals surface area contributed by atoms with E-state index in [1.807, 2.05) is 13.8 Å². The number of nitrogens with two attached hydrogens (primary N) is 1.